The number of hydrogen-bond donors (Lipinski definition) is 1. The van der Waals surface area contributed by atoms with Crippen LogP contribution in [0.1, 0.15) is 121 Å². The quantitative estimate of drug-likeness (QED) is 0.246. The van der Waals surface area contributed by atoms with Crippen LogP contribution in [0.4, 0.5) is 0 Å². The van der Waals surface area contributed by atoms with Gasteiger partial charge in [0, 0.05) is 12.2 Å². The van der Waals surface area contributed by atoms with E-state index in [1.807, 2.05) is 0 Å². The lowest BCUT2D eigenvalue weighted by atomic mass is 9.64. The summed E-state index contributed by atoms with van der Waals surface area (Å²) in [4.78, 5) is 0. The molecule has 1 N–H and O–H groups in total. The second-order valence-electron chi connectivity index (χ2n) is 12.0. The molecule has 0 aliphatic carbocycles. The summed E-state index contributed by atoms with van der Waals surface area (Å²) >= 11 is 0. The van der Waals surface area contributed by atoms with Crippen molar-refractivity contribution in [2.45, 2.75) is 121 Å². The summed E-state index contributed by atoms with van der Waals surface area (Å²) in [5.41, 5.74) is 1.64. The highest BCUT2D eigenvalue weighted by molar-refractivity contribution is 4.97. The number of allylic oxidation sites excluding steroid dienone is 1. The van der Waals surface area contributed by atoms with E-state index in [2.05, 4.69) is 88.1 Å². The molecule has 0 aromatic heterocycles. The molecule has 0 aliphatic rings. The van der Waals surface area contributed by atoms with E-state index in [-0.39, 0.29) is 0 Å². The van der Waals surface area contributed by atoms with Crippen molar-refractivity contribution in [3.63, 3.8) is 0 Å². The van der Waals surface area contributed by atoms with Crippen molar-refractivity contribution < 1.29 is 0 Å². The van der Waals surface area contributed by atoms with Crippen LogP contribution in [-0.4, -0.2) is 6.54 Å². The van der Waals surface area contributed by atoms with Gasteiger partial charge in [0.05, 0.1) is 0 Å². The van der Waals surface area contributed by atoms with Gasteiger partial charge in [-0.1, -0.05) is 95.6 Å². The Morgan fingerprint density at radius 2 is 1.43 bits per heavy atom. The molecular weight excluding hydrogens is 362 g/mol. The van der Waals surface area contributed by atoms with E-state index >= 15 is 0 Å². The summed E-state index contributed by atoms with van der Waals surface area (Å²) < 4.78 is 0. The molecule has 30 heavy (non-hydrogen) atoms. The lowest BCUT2D eigenvalue weighted by molar-refractivity contribution is 0.0875. The Morgan fingerprint density at radius 3 is 1.93 bits per heavy atom. The minimum atomic E-state index is 0.399. The topological polar surface area (TPSA) is 12.0 Å². The highest BCUT2D eigenvalue weighted by atomic mass is 14.9. The van der Waals surface area contributed by atoms with Crippen LogP contribution in [0.3, 0.4) is 0 Å². The van der Waals surface area contributed by atoms with Crippen LogP contribution in [0.25, 0.3) is 0 Å². The molecule has 0 saturated carbocycles. The van der Waals surface area contributed by atoms with Gasteiger partial charge in [0.25, 0.3) is 0 Å². The molecule has 0 bridgehead atoms. The molecule has 0 heterocycles. The molecule has 6 unspecified atom stereocenters. The fraction of sp³-hybridized carbons (Fsp3) is 0.931. The normalized spacial score (nSPS) is 18.5. The summed E-state index contributed by atoms with van der Waals surface area (Å²) in [5.74, 6) is 5.33. The Labute approximate surface area is 192 Å². The first-order valence-corrected chi connectivity index (χ1v) is 13.3. The van der Waals surface area contributed by atoms with Crippen LogP contribution in [0.5, 0.6) is 0 Å². The second kappa shape index (κ2) is 14.6. The van der Waals surface area contributed by atoms with Crippen LogP contribution in [0, 0.1) is 46.8 Å². The summed E-state index contributed by atoms with van der Waals surface area (Å²) in [7, 11) is 0. The minimum Gasteiger partial charge on any atom is -0.389 e. The zero-order valence-electron chi connectivity index (χ0n) is 22.9. The van der Waals surface area contributed by atoms with Gasteiger partial charge in [0.1, 0.15) is 0 Å². The first-order chi connectivity index (χ1) is 13.8. The van der Waals surface area contributed by atoms with Gasteiger partial charge < -0.3 is 5.32 Å². The van der Waals surface area contributed by atoms with E-state index in [4.69, 9.17) is 0 Å². The van der Waals surface area contributed by atoms with Gasteiger partial charge in [-0.15, -0.1) is 0 Å². The molecule has 180 valence electrons. The number of rotatable bonds is 17. The fourth-order valence-corrected chi connectivity index (χ4v) is 5.45. The van der Waals surface area contributed by atoms with Gasteiger partial charge in [-0.05, 0) is 78.9 Å². The Bertz CT molecular complexity index is 449. The van der Waals surface area contributed by atoms with Gasteiger partial charge in [0.2, 0.25) is 0 Å². The van der Waals surface area contributed by atoms with Crippen LogP contribution in [0.15, 0.2) is 12.3 Å². The van der Waals surface area contributed by atoms with Gasteiger partial charge in [-0.25, -0.2) is 0 Å². The Hall–Kier alpha value is -0.460. The molecule has 0 fully saturated rings. The van der Waals surface area contributed by atoms with E-state index < -0.39 is 0 Å². The molecule has 0 radical (unpaired) electrons. The standard InChI is InChI=1S/C29H59N/c1-13-17-30-27(10)25(8)19-26(9)28(29(11,12)20-22(5)14-2)16-15-23(6)18-24(7)21(3)4/h21-26,28,30H,10,13-20H2,1-9,11-12H3. The number of nitrogens with one attached hydrogen (secondary N) is 1. The maximum atomic E-state index is 4.34. The molecule has 0 aromatic rings. The molecular formula is C29H59N. The zero-order chi connectivity index (χ0) is 23.5. The van der Waals surface area contributed by atoms with Crippen molar-refractivity contribution in [2.24, 2.45) is 46.8 Å². The van der Waals surface area contributed by atoms with Gasteiger partial charge in [0.15, 0.2) is 0 Å². The smallest absolute Gasteiger partial charge is 0.0141 e. The summed E-state index contributed by atoms with van der Waals surface area (Å²) in [5, 5.41) is 3.54. The fourth-order valence-electron chi connectivity index (χ4n) is 5.45. The molecule has 0 spiro atoms. The summed E-state index contributed by atoms with van der Waals surface area (Å²) in [6, 6.07) is 0. The molecule has 0 saturated heterocycles. The molecule has 0 aromatic carbocycles. The van der Waals surface area contributed by atoms with Crippen molar-refractivity contribution in [1.29, 1.82) is 0 Å². The Balaban J connectivity index is 5.20. The highest BCUT2D eigenvalue weighted by Crippen LogP contribution is 2.44. The van der Waals surface area contributed by atoms with E-state index in [9.17, 15) is 0 Å². The van der Waals surface area contributed by atoms with Gasteiger partial charge in [-0.3, -0.25) is 0 Å². The third kappa shape index (κ3) is 11.2. The second-order valence-corrected chi connectivity index (χ2v) is 12.0. The lowest BCUT2D eigenvalue weighted by Gasteiger charge is -2.42. The maximum Gasteiger partial charge on any atom is 0.0141 e. The predicted octanol–water partition coefficient (Wildman–Crippen LogP) is 9.34. The van der Waals surface area contributed by atoms with Crippen LogP contribution in [-0.2, 0) is 0 Å². The average molecular weight is 422 g/mol. The average Bonchev–Trinajstić information content (AvgIpc) is 2.64. The van der Waals surface area contributed by atoms with Gasteiger partial charge in [-0.2, -0.15) is 0 Å². The minimum absolute atomic E-state index is 0.399. The lowest BCUT2D eigenvalue weighted by Crippen LogP contribution is -2.33. The molecule has 1 nitrogen and oxygen atoms in total. The molecule has 0 amide bonds. The van der Waals surface area contributed by atoms with Crippen LogP contribution >= 0.6 is 0 Å². The molecule has 0 rings (SSSR count). The monoisotopic (exact) mass is 421 g/mol. The Morgan fingerprint density at radius 1 is 0.833 bits per heavy atom. The van der Waals surface area contributed by atoms with Crippen LogP contribution < -0.4 is 5.32 Å². The van der Waals surface area contributed by atoms with Crippen molar-refractivity contribution in [3.05, 3.63) is 12.3 Å². The van der Waals surface area contributed by atoms with Crippen molar-refractivity contribution in [1.82, 2.24) is 5.32 Å². The maximum absolute atomic E-state index is 4.34. The van der Waals surface area contributed by atoms with Crippen molar-refractivity contribution in [2.75, 3.05) is 6.54 Å². The highest BCUT2D eigenvalue weighted by Gasteiger charge is 2.35. The largest absolute Gasteiger partial charge is 0.389 e. The third-order valence-corrected chi connectivity index (χ3v) is 8.07. The third-order valence-electron chi connectivity index (χ3n) is 8.07. The summed E-state index contributed by atoms with van der Waals surface area (Å²) in [6.07, 6.45) is 9.18. The summed E-state index contributed by atoms with van der Waals surface area (Å²) in [6.45, 7) is 32.1. The molecule has 0 aliphatic heterocycles. The first-order valence-electron chi connectivity index (χ1n) is 13.3. The molecule has 6 atom stereocenters. The molecule has 1 heteroatoms. The predicted molar refractivity (Wildman–Crippen MR) is 139 cm³/mol. The van der Waals surface area contributed by atoms with E-state index in [0.717, 1.165) is 42.1 Å². The van der Waals surface area contributed by atoms with Gasteiger partial charge >= 0.3 is 0 Å². The van der Waals surface area contributed by atoms with Crippen molar-refractivity contribution in [3.8, 4) is 0 Å². The van der Waals surface area contributed by atoms with E-state index in [1.165, 1.54) is 50.6 Å². The first kappa shape index (κ1) is 29.5. The zero-order valence-corrected chi connectivity index (χ0v) is 22.9. The number of hydrogen-bond acceptors (Lipinski definition) is 1. The Kier molecular flexibility index (Phi) is 14.3. The van der Waals surface area contributed by atoms with Crippen LogP contribution in [0.2, 0.25) is 0 Å². The SMILES string of the molecule is C=C(NCCC)C(C)CC(C)C(CCC(C)CC(C)C(C)C)C(C)(C)CC(C)CC. The van der Waals surface area contributed by atoms with E-state index in [1.54, 1.807) is 0 Å². The van der Waals surface area contributed by atoms with Crippen molar-refractivity contribution >= 4 is 0 Å². The van der Waals surface area contributed by atoms with E-state index in [0.29, 0.717) is 11.3 Å².